The standard InChI is InChI=1S/C13H15N3O2S/c1-9-2-3-10(18-9)7-16-12(4-5-14-16)15-8-11(19)6-13(15)17/h2-5,11,19H,6-8H2,1H3. The first-order chi connectivity index (χ1) is 9.13. The highest BCUT2D eigenvalue weighted by Gasteiger charge is 2.30. The second-order valence-electron chi connectivity index (χ2n) is 4.72. The van der Waals surface area contributed by atoms with Crippen molar-refractivity contribution >= 4 is 24.4 Å². The number of carbonyl (C=O) groups is 1. The molecule has 2 aromatic heterocycles. The number of carbonyl (C=O) groups excluding carboxylic acids is 1. The molecule has 0 aromatic carbocycles. The summed E-state index contributed by atoms with van der Waals surface area (Å²) in [5.41, 5.74) is 0. The van der Waals surface area contributed by atoms with E-state index in [1.807, 2.05) is 25.1 Å². The fourth-order valence-corrected chi connectivity index (χ4v) is 2.62. The van der Waals surface area contributed by atoms with E-state index in [2.05, 4.69) is 17.7 Å². The zero-order valence-corrected chi connectivity index (χ0v) is 11.5. The van der Waals surface area contributed by atoms with Crippen LogP contribution >= 0.6 is 12.6 Å². The van der Waals surface area contributed by atoms with E-state index in [9.17, 15) is 4.79 Å². The van der Waals surface area contributed by atoms with Crippen molar-refractivity contribution in [1.29, 1.82) is 0 Å². The summed E-state index contributed by atoms with van der Waals surface area (Å²) in [6.07, 6.45) is 2.18. The van der Waals surface area contributed by atoms with E-state index in [1.165, 1.54) is 0 Å². The Morgan fingerprint density at radius 3 is 2.95 bits per heavy atom. The van der Waals surface area contributed by atoms with Crippen molar-refractivity contribution in [1.82, 2.24) is 9.78 Å². The summed E-state index contributed by atoms with van der Waals surface area (Å²) in [6.45, 7) is 3.06. The Hall–Kier alpha value is -1.69. The first kappa shape index (κ1) is 12.3. The molecule has 2 aromatic rings. The molecule has 0 saturated carbocycles. The van der Waals surface area contributed by atoms with Gasteiger partial charge in [0, 0.05) is 24.3 Å². The van der Waals surface area contributed by atoms with Gasteiger partial charge in [0.05, 0.1) is 6.20 Å². The third kappa shape index (κ3) is 2.40. The highest BCUT2D eigenvalue weighted by atomic mass is 32.1. The maximum Gasteiger partial charge on any atom is 0.229 e. The Bertz CT molecular complexity index is 605. The number of amides is 1. The molecule has 1 amide bonds. The van der Waals surface area contributed by atoms with Crippen molar-refractivity contribution in [3.8, 4) is 0 Å². The minimum absolute atomic E-state index is 0.0948. The quantitative estimate of drug-likeness (QED) is 0.871. The summed E-state index contributed by atoms with van der Waals surface area (Å²) in [5, 5.41) is 4.36. The number of nitrogens with zero attached hydrogens (tertiary/aromatic N) is 3. The molecule has 0 N–H and O–H groups in total. The number of thiol groups is 1. The van der Waals surface area contributed by atoms with Crippen LogP contribution < -0.4 is 4.90 Å². The maximum absolute atomic E-state index is 11.9. The van der Waals surface area contributed by atoms with Crippen LogP contribution in [0.5, 0.6) is 0 Å². The molecular weight excluding hydrogens is 262 g/mol. The Morgan fingerprint density at radius 2 is 2.32 bits per heavy atom. The Morgan fingerprint density at radius 1 is 1.47 bits per heavy atom. The topological polar surface area (TPSA) is 51.3 Å². The van der Waals surface area contributed by atoms with Gasteiger partial charge in [0.2, 0.25) is 5.91 Å². The van der Waals surface area contributed by atoms with Gasteiger partial charge in [-0.25, -0.2) is 4.68 Å². The second kappa shape index (κ2) is 4.77. The SMILES string of the molecule is Cc1ccc(Cn2nccc2N2CC(S)CC2=O)o1. The Balaban J connectivity index is 1.84. The van der Waals surface area contributed by atoms with Crippen molar-refractivity contribution in [3.05, 3.63) is 35.9 Å². The van der Waals surface area contributed by atoms with Gasteiger partial charge in [0.1, 0.15) is 23.9 Å². The first-order valence-corrected chi connectivity index (χ1v) is 6.70. The van der Waals surface area contributed by atoms with Crippen LogP contribution in [0.4, 0.5) is 5.82 Å². The number of anilines is 1. The summed E-state index contributed by atoms with van der Waals surface area (Å²) >= 11 is 4.37. The zero-order chi connectivity index (χ0) is 13.4. The predicted octanol–water partition coefficient (Wildman–Crippen LogP) is 1.87. The third-order valence-corrected chi connectivity index (χ3v) is 3.52. The van der Waals surface area contributed by atoms with E-state index in [0.717, 1.165) is 17.3 Å². The van der Waals surface area contributed by atoms with Crippen LogP contribution in [0.2, 0.25) is 0 Å². The number of hydrogen-bond donors (Lipinski definition) is 1. The van der Waals surface area contributed by atoms with Crippen LogP contribution in [0, 0.1) is 6.92 Å². The van der Waals surface area contributed by atoms with Crippen molar-refractivity contribution in [2.45, 2.75) is 25.1 Å². The molecule has 1 unspecified atom stereocenters. The predicted molar refractivity (Wildman–Crippen MR) is 74.5 cm³/mol. The van der Waals surface area contributed by atoms with Crippen LogP contribution in [0.15, 0.2) is 28.8 Å². The number of hydrogen-bond acceptors (Lipinski definition) is 4. The normalized spacial score (nSPS) is 19.4. The molecule has 1 saturated heterocycles. The number of furan rings is 1. The van der Waals surface area contributed by atoms with Crippen LogP contribution in [0.1, 0.15) is 17.9 Å². The second-order valence-corrected chi connectivity index (χ2v) is 5.45. The van der Waals surface area contributed by atoms with Crippen LogP contribution in [0.3, 0.4) is 0 Å². The van der Waals surface area contributed by atoms with Gasteiger partial charge in [0.25, 0.3) is 0 Å². The molecule has 1 fully saturated rings. The minimum atomic E-state index is 0.0948. The molecule has 100 valence electrons. The van der Waals surface area contributed by atoms with Crippen LogP contribution in [-0.2, 0) is 11.3 Å². The van der Waals surface area contributed by atoms with E-state index >= 15 is 0 Å². The molecule has 3 rings (SSSR count). The van der Waals surface area contributed by atoms with Crippen molar-refractivity contribution < 1.29 is 9.21 Å². The summed E-state index contributed by atoms with van der Waals surface area (Å²) in [4.78, 5) is 13.6. The van der Waals surface area contributed by atoms with Crippen molar-refractivity contribution in [2.75, 3.05) is 11.4 Å². The lowest BCUT2D eigenvalue weighted by molar-refractivity contribution is -0.117. The van der Waals surface area contributed by atoms with Gasteiger partial charge in [-0.05, 0) is 19.1 Å². The van der Waals surface area contributed by atoms with Crippen molar-refractivity contribution in [3.63, 3.8) is 0 Å². The lowest BCUT2D eigenvalue weighted by Crippen LogP contribution is -2.27. The summed E-state index contributed by atoms with van der Waals surface area (Å²) in [7, 11) is 0. The molecule has 0 spiro atoms. The summed E-state index contributed by atoms with van der Waals surface area (Å²) < 4.78 is 7.32. The van der Waals surface area contributed by atoms with Crippen molar-refractivity contribution in [2.24, 2.45) is 0 Å². The molecule has 6 heteroatoms. The fraction of sp³-hybridized carbons (Fsp3) is 0.385. The summed E-state index contributed by atoms with van der Waals surface area (Å²) in [6, 6.07) is 5.69. The van der Waals surface area contributed by atoms with Gasteiger partial charge in [-0.15, -0.1) is 0 Å². The molecule has 1 aliphatic rings. The smallest absolute Gasteiger partial charge is 0.229 e. The number of rotatable bonds is 3. The lowest BCUT2D eigenvalue weighted by atomic mass is 10.4. The summed E-state index contributed by atoms with van der Waals surface area (Å²) in [5.74, 6) is 2.60. The van der Waals surface area contributed by atoms with Crippen LogP contribution in [-0.4, -0.2) is 27.5 Å². The van der Waals surface area contributed by atoms with Gasteiger partial charge >= 0.3 is 0 Å². The first-order valence-electron chi connectivity index (χ1n) is 6.19. The van der Waals surface area contributed by atoms with Gasteiger partial charge in [-0.2, -0.15) is 17.7 Å². The van der Waals surface area contributed by atoms with Gasteiger partial charge < -0.3 is 4.42 Å². The maximum atomic E-state index is 11.9. The van der Waals surface area contributed by atoms with Gasteiger partial charge in [-0.1, -0.05) is 0 Å². The molecule has 19 heavy (non-hydrogen) atoms. The monoisotopic (exact) mass is 277 g/mol. The number of aryl methyl sites for hydroxylation is 1. The molecule has 3 heterocycles. The lowest BCUT2D eigenvalue weighted by Gasteiger charge is -2.17. The molecule has 1 aliphatic heterocycles. The van der Waals surface area contributed by atoms with E-state index in [1.54, 1.807) is 15.8 Å². The Labute approximate surface area is 116 Å². The average molecular weight is 277 g/mol. The van der Waals surface area contributed by atoms with E-state index in [4.69, 9.17) is 4.42 Å². The van der Waals surface area contributed by atoms with Crippen LogP contribution in [0.25, 0.3) is 0 Å². The Kier molecular flexibility index (Phi) is 3.10. The molecule has 0 radical (unpaired) electrons. The fourth-order valence-electron chi connectivity index (χ4n) is 2.30. The highest BCUT2D eigenvalue weighted by Crippen LogP contribution is 2.24. The molecule has 1 atom stereocenters. The number of aromatic nitrogens is 2. The minimum Gasteiger partial charge on any atom is -0.464 e. The molecule has 0 aliphatic carbocycles. The average Bonchev–Trinajstić information content (AvgIpc) is 3.02. The van der Waals surface area contributed by atoms with E-state index in [0.29, 0.717) is 19.5 Å². The molecular formula is C13H15N3O2S. The van der Waals surface area contributed by atoms with Gasteiger partial charge in [0.15, 0.2) is 0 Å². The zero-order valence-electron chi connectivity index (χ0n) is 10.6. The molecule has 5 nitrogen and oxygen atoms in total. The van der Waals surface area contributed by atoms with Gasteiger partial charge in [-0.3, -0.25) is 9.69 Å². The largest absolute Gasteiger partial charge is 0.464 e. The van der Waals surface area contributed by atoms with E-state index < -0.39 is 0 Å². The third-order valence-electron chi connectivity index (χ3n) is 3.18. The highest BCUT2D eigenvalue weighted by molar-refractivity contribution is 7.81. The van der Waals surface area contributed by atoms with E-state index in [-0.39, 0.29) is 11.2 Å². The molecule has 0 bridgehead atoms.